The van der Waals surface area contributed by atoms with Gasteiger partial charge in [-0.3, -0.25) is 9.59 Å². The molecule has 0 aromatic carbocycles. The molecule has 1 unspecified atom stereocenters. The predicted octanol–water partition coefficient (Wildman–Crippen LogP) is 2.25. The quantitative estimate of drug-likeness (QED) is 0.872. The summed E-state index contributed by atoms with van der Waals surface area (Å²) < 4.78 is 4.88. The Kier molecular flexibility index (Phi) is 4.98. The van der Waals surface area contributed by atoms with Crippen molar-refractivity contribution in [2.75, 3.05) is 5.32 Å². The summed E-state index contributed by atoms with van der Waals surface area (Å²) in [5.41, 5.74) is 0. The standard InChI is InChI=1S/C15H23N3O3/c1-9-8-13(18-21-9)17-15(20)11(3)16-14(19)10(2)12-6-4-5-7-12/h8,10-12H,4-7H2,1-3H3,(H,16,19)(H,17,18,20)/t10?,11-/m0/s1. The van der Waals surface area contributed by atoms with Crippen molar-refractivity contribution in [2.45, 2.75) is 52.5 Å². The third-order valence-electron chi connectivity index (χ3n) is 4.15. The highest BCUT2D eigenvalue weighted by molar-refractivity contribution is 5.96. The van der Waals surface area contributed by atoms with Gasteiger partial charge in [0.05, 0.1) is 0 Å². The summed E-state index contributed by atoms with van der Waals surface area (Å²) in [4.78, 5) is 24.2. The van der Waals surface area contributed by atoms with Gasteiger partial charge in [-0.2, -0.15) is 0 Å². The highest BCUT2D eigenvalue weighted by Crippen LogP contribution is 2.31. The van der Waals surface area contributed by atoms with Crippen LogP contribution in [0.15, 0.2) is 10.6 Å². The molecule has 1 aliphatic carbocycles. The molecule has 0 bridgehead atoms. The molecule has 2 N–H and O–H groups in total. The number of anilines is 1. The number of nitrogens with zero attached hydrogens (tertiary/aromatic N) is 1. The molecule has 2 amide bonds. The summed E-state index contributed by atoms with van der Waals surface area (Å²) in [6, 6.07) is 1.03. The molecule has 1 aliphatic rings. The van der Waals surface area contributed by atoms with Crippen LogP contribution in [0, 0.1) is 18.8 Å². The Hall–Kier alpha value is -1.85. The van der Waals surface area contributed by atoms with Gasteiger partial charge in [-0.25, -0.2) is 0 Å². The minimum Gasteiger partial charge on any atom is -0.360 e. The zero-order valence-corrected chi connectivity index (χ0v) is 12.8. The van der Waals surface area contributed by atoms with Crippen molar-refractivity contribution in [3.05, 3.63) is 11.8 Å². The van der Waals surface area contributed by atoms with Gasteiger partial charge in [-0.05, 0) is 32.6 Å². The summed E-state index contributed by atoms with van der Waals surface area (Å²) in [6.07, 6.45) is 4.61. The maximum atomic E-state index is 12.2. The van der Waals surface area contributed by atoms with Gasteiger partial charge in [-0.15, -0.1) is 0 Å². The molecule has 2 atom stereocenters. The summed E-state index contributed by atoms with van der Waals surface area (Å²) >= 11 is 0. The van der Waals surface area contributed by atoms with E-state index in [4.69, 9.17) is 4.52 Å². The topological polar surface area (TPSA) is 84.2 Å². The highest BCUT2D eigenvalue weighted by Gasteiger charge is 2.28. The molecule has 116 valence electrons. The lowest BCUT2D eigenvalue weighted by Crippen LogP contribution is -2.44. The molecule has 0 spiro atoms. The minimum absolute atomic E-state index is 0.0444. The molecule has 2 rings (SSSR count). The van der Waals surface area contributed by atoms with Crippen LogP contribution in [0.1, 0.15) is 45.3 Å². The number of carbonyl (C=O) groups excluding carboxylic acids is 2. The van der Waals surface area contributed by atoms with E-state index in [1.807, 2.05) is 6.92 Å². The summed E-state index contributed by atoms with van der Waals surface area (Å²) in [5.74, 6) is 1.03. The number of aryl methyl sites for hydroxylation is 1. The van der Waals surface area contributed by atoms with Crippen LogP contribution >= 0.6 is 0 Å². The number of carbonyl (C=O) groups is 2. The smallest absolute Gasteiger partial charge is 0.247 e. The molecule has 6 heteroatoms. The van der Waals surface area contributed by atoms with Gasteiger partial charge < -0.3 is 15.2 Å². The molecular weight excluding hydrogens is 270 g/mol. The molecule has 21 heavy (non-hydrogen) atoms. The predicted molar refractivity (Wildman–Crippen MR) is 78.6 cm³/mol. The van der Waals surface area contributed by atoms with Crippen molar-refractivity contribution >= 4 is 17.6 Å². The Morgan fingerprint density at radius 3 is 2.52 bits per heavy atom. The van der Waals surface area contributed by atoms with Gasteiger partial charge in [-0.1, -0.05) is 24.9 Å². The van der Waals surface area contributed by atoms with E-state index < -0.39 is 6.04 Å². The van der Waals surface area contributed by atoms with Crippen LogP contribution in [-0.4, -0.2) is 23.0 Å². The lowest BCUT2D eigenvalue weighted by atomic mass is 9.91. The average Bonchev–Trinajstić information content (AvgIpc) is 3.09. The van der Waals surface area contributed by atoms with Crippen molar-refractivity contribution in [2.24, 2.45) is 11.8 Å². The normalized spacial score (nSPS) is 18.2. The summed E-state index contributed by atoms with van der Waals surface area (Å²) in [7, 11) is 0. The zero-order chi connectivity index (χ0) is 15.4. The molecule has 0 saturated heterocycles. The van der Waals surface area contributed by atoms with Crippen LogP contribution in [0.2, 0.25) is 0 Å². The minimum atomic E-state index is -0.599. The van der Waals surface area contributed by atoms with Crippen LogP contribution in [0.3, 0.4) is 0 Å². The van der Waals surface area contributed by atoms with E-state index in [1.54, 1.807) is 19.9 Å². The van der Waals surface area contributed by atoms with Gasteiger partial charge in [0, 0.05) is 12.0 Å². The Morgan fingerprint density at radius 2 is 1.95 bits per heavy atom. The largest absolute Gasteiger partial charge is 0.360 e. The third kappa shape index (κ3) is 4.06. The first-order valence-corrected chi connectivity index (χ1v) is 7.52. The van der Waals surface area contributed by atoms with Crippen LogP contribution in [-0.2, 0) is 9.59 Å². The van der Waals surface area contributed by atoms with Crippen molar-refractivity contribution in [3.63, 3.8) is 0 Å². The van der Waals surface area contributed by atoms with Crippen LogP contribution in [0.5, 0.6) is 0 Å². The van der Waals surface area contributed by atoms with Crippen LogP contribution in [0.25, 0.3) is 0 Å². The molecule has 0 aliphatic heterocycles. The first-order chi connectivity index (χ1) is 9.97. The van der Waals surface area contributed by atoms with E-state index in [1.165, 1.54) is 12.8 Å². The van der Waals surface area contributed by atoms with Crippen molar-refractivity contribution in [3.8, 4) is 0 Å². The number of amides is 2. The second-order valence-electron chi connectivity index (χ2n) is 5.88. The maximum absolute atomic E-state index is 12.2. The van der Waals surface area contributed by atoms with Crippen LogP contribution in [0.4, 0.5) is 5.82 Å². The number of hydrogen-bond donors (Lipinski definition) is 2. The second kappa shape index (κ2) is 6.74. The van der Waals surface area contributed by atoms with Gasteiger partial charge in [0.25, 0.3) is 0 Å². The van der Waals surface area contributed by atoms with E-state index in [0.717, 1.165) is 12.8 Å². The number of rotatable bonds is 5. The Morgan fingerprint density at radius 1 is 1.29 bits per heavy atom. The fourth-order valence-corrected chi connectivity index (χ4v) is 2.74. The van der Waals surface area contributed by atoms with Gasteiger partial charge >= 0.3 is 0 Å². The molecule has 1 saturated carbocycles. The first-order valence-electron chi connectivity index (χ1n) is 7.52. The Balaban J connectivity index is 1.83. The van der Waals surface area contributed by atoms with E-state index in [2.05, 4.69) is 15.8 Å². The van der Waals surface area contributed by atoms with Crippen molar-refractivity contribution in [1.82, 2.24) is 10.5 Å². The van der Waals surface area contributed by atoms with Gasteiger partial charge in [0.15, 0.2) is 5.82 Å². The molecule has 1 heterocycles. The summed E-state index contributed by atoms with van der Waals surface area (Å²) in [6.45, 7) is 5.36. The fourth-order valence-electron chi connectivity index (χ4n) is 2.74. The summed E-state index contributed by atoms with van der Waals surface area (Å²) in [5, 5.41) is 9.09. The van der Waals surface area contributed by atoms with Gasteiger partial charge in [0.1, 0.15) is 11.8 Å². The SMILES string of the molecule is Cc1cc(NC(=O)[C@H](C)NC(=O)C(C)C2CCCC2)no1. The van der Waals surface area contributed by atoms with Gasteiger partial charge in [0.2, 0.25) is 11.8 Å². The van der Waals surface area contributed by atoms with E-state index >= 15 is 0 Å². The Bertz CT molecular complexity index is 506. The van der Waals surface area contributed by atoms with E-state index in [9.17, 15) is 9.59 Å². The van der Waals surface area contributed by atoms with E-state index in [-0.39, 0.29) is 17.7 Å². The average molecular weight is 293 g/mol. The van der Waals surface area contributed by atoms with Crippen molar-refractivity contribution in [1.29, 1.82) is 0 Å². The Labute approximate surface area is 124 Å². The lowest BCUT2D eigenvalue weighted by molar-refractivity contribution is -0.129. The number of aromatic nitrogens is 1. The second-order valence-corrected chi connectivity index (χ2v) is 5.88. The molecule has 6 nitrogen and oxygen atoms in total. The lowest BCUT2D eigenvalue weighted by Gasteiger charge is -2.20. The number of hydrogen-bond acceptors (Lipinski definition) is 4. The number of nitrogens with one attached hydrogen (secondary N) is 2. The maximum Gasteiger partial charge on any atom is 0.247 e. The first kappa shape index (κ1) is 15.5. The van der Waals surface area contributed by atoms with Crippen LogP contribution < -0.4 is 10.6 Å². The molecule has 1 aromatic heterocycles. The zero-order valence-electron chi connectivity index (χ0n) is 12.8. The molecule has 1 aromatic rings. The van der Waals surface area contributed by atoms with Crippen molar-refractivity contribution < 1.29 is 14.1 Å². The van der Waals surface area contributed by atoms with E-state index in [0.29, 0.717) is 17.5 Å². The highest BCUT2D eigenvalue weighted by atomic mass is 16.5. The molecule has 1 fully saturated rings. The molecule has 0 radical (unpaired) electrons. The fraction of sp³-hybridized carbons (Fsp3) is 0.667. The monoisotopic (exact) mass is 293 g/mol. The third-order valence-corrected chi connectivity index (χ3v) is 4.15. The molecular formula is C15H23N3O3.